The second-order valence-electron chi connectivity index (χ2n) is 6.57. The van der Waals surface area contributed by atoms with Crippen molar-refractivity contribution in [3.63, 3.8) is 0 Å². The summed E-state index contributed by atoms with van der Waals surface area (Å²) in [6.45, 7) is 5.23. The highest BCUT2D eigenvalue weighted by molar-refractivity contribution is 6.01. The van der Waals surface area contributed by atoms with Gasteiger partial charge in [-0.1, -0.05) is 23.4 Å². The molecule has 0 aliphatic carbocycles. The van der Waals surface area contributed by atoms with E-state index in [1.165, 1.54) is 12.1 Å². The number of carbonyl (C=O) groups is 1. The van der Waals surface area contributed by atoms with Crippen LogP contribution in [0.5, 0.6) is 0 Å². The van der Waals surface area contributed by atoms with Gasteiger partial charge in [0.1, 0.15) is 11.9 Å². The van der Waals surface area contributed by atoms with Crippen LogP contribution in [-0.4, -0.2) is 37.5 Å². The molecule has 134 valence electrons. The highest BCUT2D eigenvalue weighted by atomic mass is 19.1. The number of oxime groups is 1. The topological polar surface area (TPSA) is 59.9 Å². The Labute approximate surface area is 146 Å². The lowest BCUT2D eigenvalue weighted by molar-refractivity contribution is -0.139. The molecule has 1 saturated heterocycles. The van der Waals surface area contributed by atoms with Gasteiger partial charge in [-0.2, -0.15) is 0 Å². The molecule has 2 aliphatic heterocycles. The van der Waals surface area contributed by atoms with Crippen LogP contribution in [-0.2, 0) is 14.4 Å². The number of carbonyl (C=O) groups excluding carboxylic acids is 1. The van der Waals surface area contributed by atoms with Crippen molar-refractivity contribution in [2.75, 3.05) is 19.8 Å². The molecule has 0 spiro atoms. The molecule has 3 rings (SSSR count). The third kappa shape index (κ3) is 4.07. The zero-order chi connectivity index (χ0) is 17.7. The highest BCUT2D eigenvalue weighted by Crippen LogP contribution is 2.38. The van der Waals surface area contributed by atoms with Crippen LogP contribution in [0.2, 0.25) is 0 Å². The van der Waals surface area contributed by atoms with Crippen molar-refractivity contribution in [3.05, 3.63) is 48.3 Å². The maximum Gasteiger partial charge on any atom is 0.226 e. The second-order valence-corrected chi connectivity index (χ2v) is 6.57. The van der Waals surface area contributed by atoms with Gasteiger partial charge in [0.25, 0.3) is 0 Å². The first-order valence-electron chi connectivity index (χ1n) is 8.58. The van der Waals surface area contributed by atoms with E-state index in [2.05, 4.69) is 17.1 Å². The van der Waals surface area contributed by atoms with Crippen LogP contribution < -0.4 is 5.32 Å². The molecule has 0 unspecified atom stereocenters. The van der Waals surface area contributed by atoms with Crippen LogP contribution >= 0.6 is 0 Å². The first kappa shape index (κ1) is 17.6. The molecular formula is C19H23FN2O3. The molecule has 1 amide bonds. The second kappa shape index (κ2) is 7.78. The summed E-state index contributed by atoms with van der Waals surface area (Å²) in [6, 6.07) is 6.21. The van der Waals surface area contributed by atoms with Crippen molar-refractivity contribution in [1.82, 2.24) is 5.32 Å². The molecule has 0 bridgehead atoms. The van der Waals surface area contributed by atoms with Gasteiger partial charge >= 0.3 is 0 Å². The predicted octanol–water partition coefficient (Wildman–Crippen LogP) is 2.81. The molecule has 25 heavy (non-hydrogen) atoms. The lowest BCUT2D eigenvalue weighted by Gasteiger charge is -2.36. The van der Waals surface area contributed by atoms with Crippen molar-refractivity contribution in [3.8, 4) is 0 Å². The van der Waals surface area contributed by atoms with Crippen molar-refractivity contribution in [2.45, 2.75) is 31.8 Å². The average Bonchev–Trinajstić information content (AvgIpc) is 3.09. The van der Waals surface area contributed by atoms with Crippen LogP contribution in [0.15, 0.2) is 42.1 Å². The number of ether oxygens (including phenoxy) is 1. The lowest BCUT2D eigenvalue weighted by Crippen LogP contribution is -2.46. The standard InChI is InChI=1S/C19H23FN2O3/c1-2-9-21-18(23)19(7-10-24-11-8-19)13-16-12-17(22-25-16)14-3-5-15(20)6-4-14/h2-6,16H,1,7-13H2,(H,21,23)/t16-/m1/s1. The Hall–Kier alpha value is -2.21. The molecular weight excluding hydrogens is 323 g/mol. The number of nitrogens with zero attached hydrogens (tertiary/aromatic N) is 1. The number of hydrogen-bond acceptors (Lipinski definition) is 4. The summed E-state index contributed by atoms with van der Waals surface area (Å²) in [4.78, 5) is 18.3. The monoisotopic (exact) mass is 346 g/mol. The minimum Gasteiger partial charge on any atom is -0.392 e. The SMILES string of the molecule is C=CCNC(=O)C1(C[C@H]2CC(c3ccc(F)cc3)=NO2)CCOCC1. The molecule has 2 heterocycles. The number of halogens is 1. The predicted molar refractivity (Wildman–Crippen MR) is 92.7 cm³/mol. The summed E-state index contributed by atoms with van der Waals surface area (Å²) in [5, 5.41) is 7.07. The van der Waals surface area contributed by atoms with Crippen LogP contribution in [0.25, 0.3) is 0 Å². The molecule has 1 aromatic rings. The first-order valence-corrected chi connectivity index (χ1v) is 8.58. The van der Waals surface area contributed by atoms with Gasteiger partial charge in [0.2, 0.25) is 5.91 Å². The Balaban J connectivity index is 1.66. The fourth-order valence-corrected chi connectivity index (χ4v) is 3.42. The van der Waals surface area contributed by atoms with E-state index >= 15 is 0 Å². The van der Waals surface area contributed by atoms with Crippen LogP contribution in [0, 0.1) is 11.2 Å². The zero-order valence-corrected chi connectivity index (χ0v) is 14.2. The van der Waals surface area contributed by atoms with Gasteiger partial charge < -0.3 is 14.9 Å². The van der Waals surface area contributed by atoms with Gasteiger partial charge in [-0.05, 0) is 30.5 Å². The molecule has 1 N–H and O–H groups in total. The third-order valence-electron chi connectivity index (χ3n) is 4.87. The largest absolute Gasteiger partial charge is 0.392 e. The molecule has 1 aromatic carbocycles. The average molecular weight is 346 g/mol. The molecule has 6 heteroatoms. The molecule has 0 aromatic heterocycles. The first-order chi connectivity index (χ1) is 12.1. The summed E-state index contributed by atoms with van der Waals surface area (Å²) in [5.74, 6) is -0.255. The van der Waals surface area contributed by atoms with Gasteiger partial charge in [-0.25, -0.2) is 4.39 Å². The molecule has 1 atom stereocenters. The van der Waals surface area contributed by atoms with Crippen molar-refractivity contribution < 1.29 is 18.8 Å². The Morgan fingerprint density at radius 1 is 1.36 bits per heavy atom. The van der Waals surface area contributed by atoms with E-state index in [1.54, 1.807) is 18.2 Å². The fraction of sp³-hybridized carbons (Fsp3) is 0.474. The van der Waals surface area contributed by atoms with E-state index in [0.717, 1.165) is 11.3 Å². The summed E-state index contributed by atoms with van der Waals surface area (Å²) in [5.41, 5.74) is 1.14. The Kier molecular flexibility index (Phi) is 5.48. The smallest absolute Gasteiger partial charge is 0.226 e. The van der Waals surface area contributed by atoms with Gasteiger partial charge in [-0.15, -0.1) is 6.58 Å². The van der Waals surface area contributed by atoms with E-state index in [4.69, 9.17) is 9.57 Å². The van der Waals surface area contributed by atoms with Gasteiger partial charge in [0.15, 0.2) is 0 Å². The number of rotatable bonds is 6. The van der Waals surface area contributed by atoms with Crippen LogP contribution in [0.1, 0.15) is 31.2 Å². The molecule has 2 aliphatic rings. The number of hydrogen-bond donors (Lipinski definition) is 1. The molecule has 0 radical (unpaired) electrons. The molecule has 1 fully saturated rings. The van der Waals surface area contributed by atoms with Crippen molar-refractivity contribution in [1.29, 1.82) is 0 Å². The summed E-state index contributed by atoms with van der Waals surface area (Å²) in [7, 11) is 0. The minimum absolute atomic E-state index is 0.0227. The fourth-order valence-electron chi connectivity index (χ4n) is 3.42. The number of benzene rings is 1. The maximum atomic E-state index is 13.1. The highest BCUT2D eigenvalue weighted by Gasteiger charge is 2.43. The normalized spacial score (nSPS) is 22.0. The van der Waals surface area contributed by atoms with Gasteiger partial charge in [-0.3, -0.25) is 4.79 Å². The molecule has 5 nitrogen and oxygen atoms in total. The van der Waals surface area contributed by atoms with Crippen LogP contribution in [0.3, 0.4) is 0 Å². The minimum atomic E-state index is -0.500. The van der Waals surface area contributed by atoms with E-state index in [1.807, 2.05) is 0 Å². The van der Waals surface area contributed by atoms with Crippen LogP contribution in [0.4, 0.5) is 4.39 Å². The lowest BCUT2D eigenvalue weighted by atomic mass is 9.74. The van der Waals surface area contributed by atoms with E-state index < -0.39 is 5.41 Å². The van der Waals surface area contributed by atoms with Crippen molar-refractivity contribution >= 4 is 11.6 Å². The van der Waals surface area contributed by atoms with Gasteiger partial charge in [0.05, 0.1) is 11.1 Å². The molecule has 0 saturated carbocycles. The number of amides is 1. The zero-order valence-electron chi connectivity index (χ0n) is 14.2. The summed E-state index contributed by atoms with van der Waals surface area (Å²) >= 11 is 0. The van der Waals surface area contributed by atoms with E-state index in [9.17, 15) is 9.18 Å². The van der Waals surface area contributed by atoms with E-state index in [0.29, 0.717) is 45.4 Å². The Bertz CT molecular complexity index is 651. The Morgan fingerprint density at radius 2 is 2.08 bits per heavy atom. The van der Waals surface area contributed by atoms with Gasteiger partial charge in [0, 0.05) is 32.6 Å². The Morgan fingerprint density at radius 3 is 2.76 bits per heavy atom. The summed E-state index contributed by atoms with van der Waals surface area (Å²) < 4.78 is 18.5. The summed E-state index contributed by atoms with van der Waals surface area (Å²) in [6.07, 6.45) is 4.06. The quantitative estimate of drug-likeness (QED) is 0.806. The van der Waals surface area contributed by atoms with Crippen molar-refractivity contribution in [2.24, 2.45) is 10.6 Å². The maximum absolute atomic E-state index is 13.1. The van der Waals surface area contributed by atoms with E-state index in [-0.39, 0.29) is 17.8 Å². The third-order valence-corrected chi connectivity index (χ3v) is 4.87. The number of nitrogens with one attached hydrogen (secondary N) is 1.